The van der Waals surface area contributed by atoms with Crippen molar-refractivity contribution in [3.05, 3.63) is 53.7 Å². The van der Waals surface area contributed by atoms with Crippen LogP contribution < -0.4 is 15.0 Å². The average Bonchev–Trinajstić information content (AvgIpc) is 2.73. The summed E-state index contributed by atoms with van der Waals surface area (Å²) >= 11 is 0. The van der Waals surface area contributed by atoms with E-state index in [0.717, 1.165) is 43.1 Å². The Morgan fingerprint density at radius 3 is 2.67 bits per heavy atom. The minimum Gasteiger partial charge on any atom is -0.496 e. The van der Waals surface area contributed by atoms with Gasteiger partial charge in [-0.2, -0.15) is 5.26 Å². The summed E-state index contributed by atoms with van der Waals surface area (Å²) in [5.41, 5.74) is 1.53. The van der Waals surface area contributed by atoms with E-state index in [1.54, 1.807) is 19.4 Å². The van der Waals surface area contributed by atoms with E-state index in [0.29, 0.717) is 5.56 Å². The number of anilines is 1. The third-order valence-electron chi connectivity index (χ3n) is 5.03. The van der Waals surface area contributed by atoms with Crippen molar-refractivity contribution in [2.75, 3.05) is 25.1 Å². The van der Waals surface area contributed by atoms with Crippen LogP contribution in [0.5, 0.6) is 5.75 Å². The number of carbonyl (C=O) groups excluding carboxylic acids is 1. The number of rotatable bonds is 5. The number of benzene rings is 1. The highest BCUT2D eigenvalue weighted by Gasteiger charge is 2.27. The Balaban J connectivity index is 1.56. The molecule has 6 heteroatoms. The Hall–Kier alpha value is -3.07. The molecule has 1 aliphatic rings. The largest absolute Gasteiger partial charge is 0.496 e. The summed E-state index contributed by atoms with van der Waals surface area (Å²) in [5, 5.41) is 12.0. The van der Waals surface area contributed by atoms with Gasteiger partial charge in [-0.1, -0.05) is 18.2 Å². The lowest BCUT2D eigenvalue weighted by atomic mass is 9.95. The fraction of sp³-hybridized carbons (Fsp3) is 0.381. The molecule has 1 aliphatic heterocycles. The highest BCUT2D eigenvalue weighted by Crippen LogP contribution is 2.26. The summed E-state index contributed by atoms with van der Waals surface area (Å²) in [4.78, 5) is 19.2. The molecule has 6 nitrogen and oxygen atoms in total. The number of nitrogens with zero attached hydrogens (tertiary/aromatic N) is 3. The fourth-order valence-corrected chi connectivity index (χ4v) is 3.44. The molecule has 1 aromatic heterocycles. The summed E-state index contributed by atoms with van der Waals surface area (Å²) in [7, 11) is 1.64. The van der Waals surface area contributed by atoms with Crippen LogP contribution >= 0.6 is 0 Å². The van der Waals surface area contributed by atoms with Crippen LogP contribution in [0, 0.1) is 17.2 Å². The van der Waals surface area contributed by atoms with Crippen LogP contribution in [0.1, 0.15) is 36.9 Å². The Morgan fingerprint density at radius 1 is 1.30 bits per heavy atom. The van der Waals surface area contributed by atoms with Gasteiger partial charge in [0.2, 0.25) is 5.91 Å². The molecule has 0 spiro atoms. The van der Waals surface area contributed by atoms with Gasteiger partial charge in [0.25, 0.3) is 0 Å². The number of pyridine rings is 1. The van der Waals surface area contributed by atoms with Gasteiger partial charge in [-0.05, 0) is 38.0 Å². The van der Waals surface area contributed by atoms with Crippen molar-refractivity contribution >= 4 is 11.7 Å². The van der Waals surface area contributed by atoms with Crippen LogP contribution in [0.2, 0.25) is 0 Å². The first-order valence-electron chi connectivity index (χ1n) is 9.16. The number of amides is 1. The molecule has 0 bridgehead atoms. The van der Waals surface area contributed by atoms with Gasteiger partial charge >= 0.3 is 0 Å². The molecule has 1 fully saturated rings. The van der Waals surface area contributed by atoms with Gasteiger partial charge in [0.05, 0.1) is 18.7 Å². The highest BCUT2D eigenvalue weighted by molar-refractivity contribution is 5.79. The van der Waals surface area contributed by atoms with Crippen molar-refractivity contribution in [3.8, 4) is 11.8 Å². The summed E-state index contributed by atoms with van der Waals surface area (Å²) in [6.07, 6.45) is 3.15. The molecule has 1 N–H and O–H groups in total. The van der Waals surface area contributed by atoms with E-state index in [1.807, 2.05) is 37.3 Å². The normalized spacial score (nSPS) is 15.7. The highest BCUT2D eigenvalue weighted by atomic mass is 16.5. The Bertz CT molecular complexity index is 821. The van der Waals surface area contributed by atoms with Gasteiger partial charge in [0.1, 0.15) is 17.6 Å². The first-order valence-corrected chi connectivity index (χ1v) is 9.16. The van der Waals surface area contributed by atoms with Crippen LogP contribution in [0.25, 0.3) is 0 Å². The Labute approximate surface area is 159 Å². The number of methoxy groups -OCH3 is 1. The number of para-hydroxylation sites is 1. The topological polar surface area (TPSA) is 78.2 Å². The molecule has 3 rings (SSSR count). The van der Waals surface area contributed by atoms with Crippen molar-refractivity contribution in [2.45, 2.75) is 25.8 Å². The van der Waals surface area contributed by atoms with Gasteiger partial charge in [-0.3, -0.25) is 4.79 Å². The molecular formula is C21H24N4O2. The quantitative estimate of drug-likeness (QED) is 0.882. The van der Waals surface area contributed by atoms with Crippen LogP contribution in [-0.4, -0.2) is 31.1 Å². The maximum atomic E-state index is 12.7. The lowest BCUT2D eigenvalue weighted by molar-refractivity contribution is -0.126. The molecule has 1 amide bonds. The standard InChI is InChI=1S/C21H24N4O2/c1-15(18-5-3-4-6-19(18)27-2)24-21(26)17-9-11-25(12-10-17)20-8-7-16(13-22)14-23-20/h3-8,14-15,17H,9-12H2,1-2H3,(H,24,26). The van der Waals surface area contributed by atoms with E-state index < -0.39 is 0 Å². The van der Waals surface area contributed by atoms with Crippen LogP contribution in [0.3, 0.4) is 0 Å². The summed E-state index contributed by atoms with van der Waals surface area (Å²) in [5.74, 6) is 1.72. The summed E-state index contributed by atoms with van der Waals surface area (Å²) < 4.78 is 5.39. The van der Waals surface area contributed by atoms with E-state index >= 15 is 0 Å². The number of nitrogens with one attached hydrogen (secondary N) is 1. The second kappa shape index (κ2) is 8.54. The molecule has 1 saturated heterocycles. The monoisotopic (exact) mass is 364 g/mol. The molecule has 2 heterocycles. The molecular weight excluding hydrogens is 340 g/mol. The van der Waals surface area contributed by atoms with Crippen LogP contribution in [0.4, 0.5) is 5.82 Å². The SMILES string of the molecule is COc1ccccc1C(C)NC(=O)C1CCN(c2ccc(C#N)cn2)CC1. The van der Waals surface area contributed by atoms with Crippen LogP contribution in [0.15, 0.2) is 42.6 Å². The molecule has 0 aliphatic carbocycles. The van der Waals surface area contributed by atoms with Crippen molar-refractivity contribution in [1.29, 1.82) is 5.26 Å². The number of ether oxygens (including phenoxy) is 1. The number of piperidine rings is 1. The minimum atomic E-state index is -0.105. The molecule has 1 atom stereocenters. The van der Waals surface area contributed by atoms with E-state index in [1.165, 1.54) is 0 Å². The molecule has 140 valence electrons. The fourth-order valence-electron chi connectivity index (χ4n) is 3.44. The molecule has 0 radical (unpaired) electrons. The Morgan fingerprint density at radius 2 is 2.04 bits per heavy atom. The molecule has 0 saturated carbocycles. The van der Waals surface area contributed by atoms with Gasteiger partial charge in [-0.25, -0.2) is 4.98 Å². The minimum absolute atomic E-state index is 0.00297. The predicted molar refractivity (Wildman–Crippen MR) is 103 cm³/mol. The maximum Gasteiger partial charge on any atom is 0.223 e. The van der Waals surface area contributed by atoms with Crippen molar-refractivity contribution in [1.82, 2.24) is 10.3 Å². The zero-order valence-electron chi connectivity index (χ0n) is 15.7. The predicted octanol–water partition coefficient (Wildman–Crippen LogP) is 3.06. The van der Waals surface area contributed by atoms with Gasteiger partial charge in [0.15, 0.2) is 0 Å². The number of hydrogen-bond donors (Lipinski definition) is 1. The third kappa shape index (κ3) is 4.37. The number of nitriles is 1. The van der Waals surface area contributed by atoms with E-state index in [-0.39, 0.29) is 17.9 Å². The number of hydrogen-bond acceptors (Lipinski definition) is 5. The lowest BCUT2D eigenvalue weighted by Gasteiger charge is -2.32. The van der Waals surface area contributed by atoms with Gasteiger partial charge in [0, 0.05) is 30.8 Å². The summed E-state index contributed by atoms with van der Waals surface area (Å²) in [6.45, 7) is 3.53. The average molecular weight is 364 g/mol. The second-order valence-electron chi connectivity index (χ2n) is 6.75. The van der Waals surface area contributed by atoms with E-state index in [4.69, 9.17) is 10.00 Å². The molecule has 1 unspecified atom stereocenters. The van der Waals surface area contributed by atoms with Crippen molar-refractivity contribution in [3.63, 3.8) is 0 Å². The lowest BCUT2D eigenvalue weighted by Crippen LogP contribution is -2.41. The van der Waals surface area contributed by atoms with Crippen LogP contribution in [-0.2, 0) is 4.79 Å². The zero-order valence-corrected chi connectivity index (χ0v) is 15.7. The number of aromatic nitrogens is 1. The smallest absolute Gasteiger partial charge is 0.223 e. The number of carbonyl (C=O) groups is 1. The zero-order chi connectivity index (χ0) is 19.2. The van der Waals surface area contributed by atoms with Gasteiger partial charge < -0.3 is 15.0 Å². The summed E-state index contributed by atoms with van der Waals surface area (Å²) in [6, 6.07) is 13.4. The van der Waals surface area contributed by atoms with E-state index in [9.17, 15) is 4.79 Å². The van der Waals surface area contributed by atoms with Crippen molar-refractivity contribution < 1.29 is 9.53 Å². The van der Waals surface area contributed by atoms with E-state index in [2.05, 4.69) is 21.3 Å². The maximum absolute atomic E-state index is 12.7. The molecule has 2 aromatic rings. The van der Waals surface area contributed by atoms with Crippen molar-refractivity contribution in [2.24, 2.45) is 5.92 Å². The first kappa shape index (κ1) is 18.7. The third-order valence-corrected chi connectivity index (χ3v) is 5.03. The second-order valence-corrected chi connectivity index (χ2v) is 6.75. The molecule has 1 aromatic carbocycles. The van der Waals surface area contributed by atoms with Gasteiger partial charge in [-0.15, -0.1) is 0 Å². The Kier molecular flexibility index (Phi) is 5.92. The molecule has 27 heavy (non-hydrogen) atoms. The first-order chi connectivity index (χ1) is 13.1.